The average molecular weight is 168 g/mol. The van der Waals surface area contributed by atoms with Gasteiger partial charge in [0.25, 0.3) is 0 Å². The Bertz CT molecular complexity index is 49.5. The number of hydrogen-bond donors (Lipinski definition) is 1. The average Bonchev–Trinajstić information content (AvgIpc) is 1.66. The molecule has 0 aromatic heterocycles. The summed E-state index contributed by atoms with van der Waals surface area (Å²) in [6, 6.07) is 0. The summed E-state index contributed by atoms with van der Waals surface area (Å²) in [5.74, 6) is 0. The Morgan fingerprint density at radius 2 is 2.00 bits per heavy atom. The Balaban J connectivity index is 0. The third-order valence-corrected chi connectivity index (χ3v) is 0.647. The Morgan fingerprint density at radius 3 is 2.33 bits per heavy atom. The normalized spacial score (nSPS) is 12.3. The van der Waals surface area contributed by atoms with Crippen molar-refractivity contribution in [3.05, 3.63) is 0 Å². The molecule has 0 fully saturated rings. The fourth-order valence-corrected chi connectivity index (χ4v) is 0.302. The molecule has 1 unspecified atom stereocenters. The van der Waals surface area contributed by atoms with Crippen molar-refractivity contribution in [3.63, 3.8) is 0 Å². The molecule has 0 amide bonds. The fourth-order valence-electron chi connectivity index (χ4n) is 0.302. The molecule has 0 aliphatic carbocycles. The van der Waals surface area contributed by atoms with Gasteiger partial charge in [-0.1, -0.05) is 0 Å². The summed E-state index contributed by atoms with van der Waals surface area (Å²) < 4.78 is 9.37. The van der Waals surface area contributed by atoms with Gasteiger partial charge in [0.1, 0.15) is 0 Å². The van der Waals surface area contributed by atoms with Gasteiger partial charge in [-0.2, -0.15) is 0 Å². The van der Waals surface area contributed by atoms with E-state index in [0.29, 0.717) is 13.2 Å². The Kier molecular flexibility index (Phi) is 11.7. The smallest absolute Gasteiger partial charge is 0.151 e. The summed E-state index contributed by atoms with van der Waals surface area (Å²) in [5, 5.41) is 8.50. The maximum absolute atomic E-state index is 8.50. The van der Waals surface area contributed by atoms with Crippen LogP contribution in [0.2, 0.25) is 0 Å². The second-order valence-electron chi connectivity index (χ2n) is 1.46. The molecule has 3 nitrogen and oxygen atoms in total. The summed E-state index contributed by atoms with van der Waals surface area (Å²) >= 11 is 0. The number of rotatable bonds is 4. The summed E-state index contributed by atoms with van der Waals surface area (Å²) in [5.41, 5.74) is 0. The van der Waals surface area contributed by atoms with Gasteiger partial charge in [-0.25, -0.2) is 0 Å². The van der Waals surface area contributed by atoms with Gasteiger partial charge in [-0.05, 0) is 6.92 Å². The molecule has 4 heteroatoms. The van der Waals surface area contributed by atoms with Crippen molar-refractivity contribution in [2.24, 2.45) is 0 Å². The van der Waals surface area contributed by atoms with Crippen LogP contribution in [0.4, 0.5) is 0 Å². The van der Waals surface area contributed by atoms with Crippen LogP contribution >= 0.6 is 0 Å². The predicted molar refractivity (Wildman–Crippen MR) is 29.5 cm³/mol. The molecule has 9 heavy (non-hydrogen) atoms. The van der Waals surface area contributed by atoms with Crippen molar-refractivity contribution in [2.45, 2.75) is 13.2 Å². The van der Waals surface area contributed by atoms with E-state index >= 15 is 0 Å². The van der Waals surface area contributed by atoms with Crippen LogP contribution in [-0.2, 0) is 31.2 Å². The Morgan fingerprint density at radius 1 is 1.44 bits per heavy atom. The molecule has 0 spiro atoms. The zero-order chi connectivity index (χ0) is 6.41. The minimum absolute atomic E-state index is 0. The van der Waals surface area contributed by atoms with Crippen LogP contribution in [-0.4, -0.2) is 31.7 Å². The Labute approximate surface area is 70.2 Å². The summed E-state index contributed by atoms with van der Waals surface area (Å²) in [6.45, 7) is 2.55. The molecular formula is C5H12O3Ti. The van der Waals surface area contributed by atoms with E-state index in [2.05, 4.69) is 4.74 Å². The van der Waals surface area contributed by atoms with Gasteiger partial charge in [-0.3, -0.25) is 0 Å². The topological polar surface area (TPSA) is 38.7 Å². The van der Waals surface area contributed by atoms with Crippen LogP contribution < -0.4 is 0 Å². The zero-order valence-electron chi connectivity index (χ0n) is 5.76. The zero-order valence-corrected chi connectivity index (χ0v) is 7.32. The van der Waals surface area contributed by atoms with Crippen LogP contribution in [0.5, 0.6) is 0 Å². The maximum atomic E-state index is 8.50. The molecule has 0 bridgehead atoms. The van der Waals surface area contributed by atoms with Crippen LogP contribution in [0, 0.1) is 0 Å². The SMILES string of the molecule is COCCOC(C)O.[Ti]. The molecule has 0 aliphatic rings. The molecule has 0 radical (unpaired) electrons. The Hall–Kier alpha value is 0.594. The molecule has 1 atom stereocenters. The van der Waals surface area contributed by atoms with Crippen molar-refractivity contribution >= 4 is 0 Å². The third kappa shape index (κ3) is 11.9. The van der Waals surface area contributed by atoms with Crippen molar-refractivity contribution in [1.29, 1.82) is 0 Å². The van der Waals surface area contributed by atoms with Crippen molar-refractivity contribution in [3.8, 4) is 0 Å². The first kappa shape index (κ1) is 12.3. The van der Waals surface area contributed by atoms with E-state index in [1.807, 2.05) is 0 Å². The quantitative estimate of drug-likeness (QED) is 0.364. The first-order valence-electron chi connectivity index (χ1n) is 2.56. The fraction of sp³-hybridized carbons (Fsp3) is 1.00. The van der Waals surface area contributed by atoms with Gasteiger partial charge >= 0.3 is 0 Å². The van der Waals surface area contributed by atoms with Crippen LogP contribution in [0.25, 0.3) is 0 Å². The first-order chi connectivity index (χ1) is 3.77. The van der Waals surface area contributed by atoms with Crippen LogP contribution in [0.1, 0.15) is 6.92 Å². The van der Waals surface area contributed by atoms with E-state index in [9.17, 15) is 0 Å². The van der Waals surface area contributed by atoms with E-state index in [-0.39, 0.29) is 21.7 Å². The number of methoxy groups -OCH3 is 1. The van der Waals surface area contributed by atoms with Crippen LogP contribution in [0.3, 0.4) is 0 Å². The number of hydrogen-bond acceptors (Lipinski definition) is 3. The molecular weight excluding hydrogens is 156 g/mol. The van der Waals surface area contributed by atoms with Gasteiger partial charge in [0.2, 0.25) is 0 Å². The van der Waals surface area contributed by atoms with Gasteiger partial charge in [-0.15, -0.1) is 0 Å². The van der Waals surface area contributed by atoms with Gasteiger partial charge in [0.05, 0.1) is 13.2 Å². The molecule has 1 N–H and O–H groups in total. The predicted octanol–water partition coefficient (Wildman–Crippen LogP) is -0.0148. The third-order valence-electron chi connectivity index (χ3n) is 0.647. The van der Waals surface area contributed by atoms with Crippen molar-refractivity contribution < 1.29 is 36.3 Å². The molecule has 0 saturated carbocycles. The first-order valence-corrected chi connectivity index (χ1v) is 2.56. The van der Waals surface area contributed by atoms with E-state index in [4.69, 9.17) is 9.84 Å². The second-order valence-corrected chi connectivity index (χ2v) is 1.46. The van der Waals surface area contributed by atoms with E-state index < -0.39 is 6.29 Å². The summed E-state index contributed by atoms with van der Waals surface area (Å²) in [6.07, 6.45) is -0.676. The van der Waals surface area contributed by atoms with E-state index in [0.717, 1.165) is 0 Å². The second kappa shape index (κ2) is 8.59. The summed E-state index contributed by atoms with van der Waals surface area (Å²) in [7, 11) is 1.59. The van der Waals surface area contributed by atoms with Crippen molar-refractivity contribution in [2.75, 3.05) is 20.3 Å². The molecule has 0 aromatic carbocycles. The monoisotopic (exact) mass is 168 g/mol. The largest absolute Gasteiger partial charge is 0.382 e. The van der Waals surface area contributed by atoms with Crippen LogP contribution in [0.15, 0.2) is 0 Å². The minimum atomic E-state index is -0.676. The van der Waals surface area contributed by atoms with Crippen molar-refractivity contribution in [1.82, 2.24) is 0 Å². The molecule has 0 aliphatic heterocycles. The molecule has 0 heterocycles. The molecule has 0 saturated heterocycles. The van der Waals surface area contributed by atoms with Gasteiger partial charge in [0.15, 0.2) is 6.29 Å². The van der Waals surface area contributed by atoms with E-state index in [1.165, 1.54) is 0 Å². The van der Waals surface area contributed by atoms with Gasteiger partial charge < -0.3 is 14.6 Å². The minimum Gasteiger partial charge on any atom is -0.382 e. The number of aliphatic hydroxyl groups is 1. The molecule has 0 aromatic rings. The number of ether oxygens (including phenoxy) is 2. The molecule has 0 rings (SSSR count). The summed E-state index contributed by atoms with van der Waals surface area (Å²) in [4.78, 5) is 0. The number of aliphatic hydroxyl groups excluding tert-OH is 1. The van der Waals surface area contributed by atoms with E-state index in [1.54, 1.807) is 14.0 Å². The standard InChI is InChI=1S/C5H12O3.Ti/c1-5(6)8-4-3-7-2;/h5-6H,3-4H2,1-2H3;. The molecule has 54 valence electrons. The maximum Gasteiger partial charge on any atom is 0.151 e. The van der Waals surface area contributed by atoms with Gasteiger partial charge in [0, 0.05) is 28.8 Å².